The van der Waals surface area contributed by atoms with Crippen molar-refractivity contribution in [2.24, 2.45) is 0 Å². The van der Waals surface area contributed by atoms with Crippen LogP contribution in [-0.4, -0.2) is 25.5 Å². The molecule has 0 aromatic heterocycles. The fourth-order valence-electron chi connectivity index (χ4n) is 2.53. The summed E-state index contributed by atoms with van der Waals surface area (Å²) in [5, 5.41) is 6.01. The maximum absolute atomic E-state index is 12.4. The van der Waals surface area contributed by atoms with Crippen molar-refractivity contribution in [3.63, 3.8) is 0 Å². The monoisotopic (exact) mass is 410 g/mol. The summed E-state index contributed by atoms with van der Waals surface area (Å²) in [7, 11) is 1.58. The molecule has 2 N–H and O–H groups in total. The van der Waals surface area contributed by atoms with E-state index in [9.17, 15) is 9.59 Å². The van der Waals surface area contributed by atoms with Crippen LogP contribution in [0, 0.1) is 0 Å². The van der Waals surface area contributed by atoms with Gasteiger partial charge in [-0.2, -0.15) is 0 Å². The SMILES string of the molecule is COc1ccc(OCC(=O)Nc2cccc(C(=O)Nc3cccc(Cl)c3)c2)cc1. The highest BCUT2D eigenvalue weighted by Crippen LogP contribution is 2.18. The van der Waals surface area contributed by atoms with Crippen molar-refractivity contribution in [1.82, 2.24) is 0 Å². The first kappa shape index (κ1) is 20.2. The predicted molar refractivity (Wildman–Crippen MR) is 113 cm³/mol. The molecule has 0 saturated heterocycles. The normalized spacial score (nSPS) is 10.1. The third-order valence-corrected chi connectivity index (χ3v) is 4.16. The second-order valence-corrected chi connectivity index (χ2v) is 6.49. The van der Waals surface area contributed by atoms with Crippen LogP contribution in [0.1, 0.15) is 10.4 Å². The van der Waals surface area contributed by atoms with Gasteiger partial charge in [0.05, 0.1) is 7.11 Å². The van der Waals surface area contributed by atoms with Gasteiger partial charge in [0.25, 0.3) is 11.8 Å². The van der Waals surface area contributed by atoms with E-state index in [0.717, 1.165) is 0 Å². The Morgan fingerprint density at radius 3 is 2.21 bits per heavy atom. The highest BCUT2D eigenvalue weighted by molar-refractivity contribution is 6.31. The molecule has 7 heteroatoms. The van der Waals surface area contributed by atoms with Gasteiger partial charge in [0.2, 0.25) is 0 Å². The second kappa shape index (κ2) is 9.61. The number of amides is 2. The minimum absolute atomic E-state index is 0.161. The third kappa shape index (κ3) is 5.99. The van der Waals surface area contributed by atoms with E-state index in [0.29, 0.717) is 33.5 Å². The summed E-state index contributed by atoms with van der Waals surface area (Å²) in [5.74, 6) is 0.608. The van der Waals surface area contributed by atoms with Crippen molar-refractivity contribution in [1.29, 1.82) is 0 Å². The van der Waals surface area contributed by atoms with Crippen molar-refractivity contribution in [2.45, 2.75) is 0 Å². The van der Waals surface area contributed by atoms with Gasteiger partial charge < -0.3 is 20.1 Å². The van der Waals surface area contributed by atoms with Gasteiger partial charge in [-0.05, 0) is 60.7 Å². The van der Waals surface area contributed by atoms with Gasteiger partial charge in [0.15, 0.2) is 6.61 Å². The molecular formula is C22H19ClN2O4. The molecule has 0 radical (unpaired) electrons. The zero-order valence-electron chi connectivity index (χ0n) is 15.6. The molecule has 3 aromatic carbocycles. The smallest absolute Gasteiger partial charge is 0.262 e. The molecule has 0 spiro atoms. The van der Waals surface area contributed by atoms with E-state index in [1.807, 2.05) is 0 Å². The van der Waals surface area contributed by atoms with E-state index in [1.54, 1.807) is 79.9 Å². The number of hydrogen-bond acceptors (Lipinski definition) is 4. The molecule has 3 aromatic rings. The molecule has 0 fully saturated rings. The van der Waals surface area contributed by atoms with Crippen LogP contribution < -0.4 is 20.1 Å². The lowest BCUT2D eigenvalue weighted by Gasteiger charge is -2.10. The minimum Gasteiger partial charge on any atom is -0.497 e. The van der Waals surface area contributed by atoms with Gasteiger partial charge in [-0.3, -0.25) is 9.59 Å². The van der Waals surface area contributed by atoms with E-state index in [4.69, 9.17) is 21.1 Å². The van der Waals surface area contributed by atoms with E-state index >= 15 is 0 Å². The van der Waals surface area contributed by atoms with Crippen LogP contribution in [0.3, 0.4) is 0 Å². The third-order valence-electron chi connectivity index (χ3n) is 3.92. The quantitative estimate of drug-likeness (QED) is 0.596. The van der Waals surface area contributed by atoms with Crippen LogP contribution >= 0.6 is 11.6 Å². The Balaban J connectivity index is 1.56. The number of benzene rings is 3. The molecule has 0 heterocycles. The van der Waals surface area contributed by atoms with Crippen LogP contribution in [-0.2, 0) is 4.79 Å². The largest absolute Gasteiger partial charge is 0.497 e. The molecular weight excluding hydrogens is 392 g/mol. The van der Waals surface area contributed by atoms with Crippen molar-refractivity contribution >= 4 is 34.8 Å². The Labute approximate surface area is 173 Å². The van der Waals surface area contributed by atoms with Crippen LogP contribution in [0.2, 0.25) is 5.02 Å². The van der Waals surface area contributed by atoms with Crippen molar-refractivity contribution in [3.8, 4) is 11.5 Å². The van der Waals surface area contributed by atoms with Crippen molar-refractivity contribution in [2.75, 3.05) is 24.4 Å². The summed E-state index contributed by atoms with van der Waals surface area (Å²) in [6, 6.07) is 20.4. The molecule has 29 heavy (non-hydrogen) atoms. The first-order valence-corrected chi connectivity index (χ1v) is 9.15. The predicted octanol–water partition coefficient (Wildman–Crippen LogP) is 4.62. The van der Waals surface area contributed by atoms with E-state index in [-0.39, 0.29) is 18.4 Å². The molecule has 0 bridgehead atoms. The summed E-state index contributed by atoms with van der Waals surface area (Å²) in [5.41, 5.74) is 1.48. The molecule has 0 saturated carbocycles. The van der Waals surface area contributed by atoms with E-state index < -0.39 is 0 Å². The number of anilines is 2. The lowest BCUT2D eigenvalue weighted by atomic mass is 10.2. The van der Waals surface area contributed by atoms with Gasteiger partial charge in [0.1, 0.15) is 11.5 Å². The Kier molecular flexibility index (Phi) is 6.71. The second-order valence-electron chi connectivity index (χ2n) is 6.06. The number of carbonyl (C=O) groups excluding carboxylic acids is 2. The molecule has 0 aliphatic carbocycles. The fraction of sp³-hybridized carbons (Fsp3) is 0.0909. The van der Waals surface area contributed by atoms with Crippen LogP contribution in [0.5, 0.6) is 11.5 Å². The molecule has 6 nitrogen and oxygen atoms in total. The van der Waals surface area contributed by atoms with Crippen molar-refractivity contribution in [3.05, 3.63) is 83.4 Å². The Morgan fingerprint density at radius 1 is 0.862 bits per heavy atom. The molecule has 0 aliphatic heterocycles. The number of rotatable bonds is 7. The molecule has 0 atom stereocenters. The minimum atomic E-state index is -0.340. The fourth-order valence-corrected chi connectivity index (χ4v) is 2.72. The number of hydrogen-bond donors (Lipinski definition) is 2. The van der Waals surface area contributed by atoms with E-state index in [2.05, 4.69) is 10.6 Å². The van der Waals surface area contributed by atoms with Gasteiger partial charge >= 0.3 is 0 Å². The number of methoxy groups -OCH3 is 1. The molecule has 0 aliphatic rings. The molecule has 2 amide bonds. The van der Waals surface area contributed by atoms with E-state index in [1.165, 1.54) is 0 Å². The number of carbonyl (C=O) groups is 2. The summed E-state index contributed by atoms with van der Waals surface area (Å²) < 4.78 is 10.5. The maximum Gasteiger partial charge on any atom is 0.262 e. The number of nitrogens with one attached hydrogen (secondary N) is 2. The Bertz CT molecular complexity index is 1010. The van der Waals surface area contributed by atoms with Crippen LogP contribution in [0.4, 0.5) is 11.4 Å². The Hall–Kier alpha value is -3.51. The lowest BCUT2D eigenvalue weighted by Crippen LogP contribution is -2.20. The van der Waals surface area contributed by atoms with Gasteiger partial charge in [-0.25, -0.2) is 0 Å². The van der Waals surface area contributed by atoms with Gasteiger partial charge in [-0.15, -0.1) is 0 Å². The topological polar surface area (TPSA) is 76.7 Å². The lowest BCUT2D eigenvalue weighted by molar-refractivity contribution is -0.118. The van der Waals surface area contributed by atoms with Crippen molar-refractivity contribution < 1.29 is 19.1 Å². The first-order chi connectivity index (χ1) is 14.0. The first-order valence-electron chi connectivity index (χ1n) is 8.77. The average Bonchev–Trinajstić information content (AvgIpc) is 2.73. The summed E-state index contributed by atoms with van der Waals surface area (Å²) in [6.45, 7) is -0.161. The molecule has 3 rings (SSSR count). The highest BCUT2D eigenvalue weighted by atomic mass is 35.5. The summed E-state index contributed by atoms with van der Waals surface area (Å²) >= 11 is 5.93. The summed E-state index contributed by atoms with van der Waals surface area (Å²) in [4.78, 5) is 24.6. The van der Waals surface area contributed by atoms with Gasteiger partial charge in [0, 0.05) is 22.0 Å². The molecule has 148 valence electrons. The van der Waals surface area contributed by atoms with Crippen LogP contribution in [0.25, 0.3) is 0 Å². The Morgan fingerprint density at radius 2 is 1.52 bits per heavy atom. The maximum atomic E-state index is 12.4. The number of ether oxygens (including phenoxy) is 2. The highest BCUT2D eigenvalue weighted by Gasteiger charge is 2.09. The standard InChI is InChI=1S/C22H19ClN2O4/c1-28-19-8-10-20(11-9-19)29-14-21(26)24-17-6-2-4-15(12-17)22(27)25-18-7-3-5-16(23)13-18/h2-13H,14H2,1H3,(H,24,26)(H,25,27). The molecule has 0 unspecified atom stereocenters. The zero-order valence-corrected chi connectivity index (χ0v) is 16.4. The average molecular weight is 411 g/mol. The summed E-state index contributed by atoms with van der Waals surface area (Å²) in [6.07, 6.45) is 0. The van der Waals surface area contributed by atoms with Gasteiger partial charge in [-0.1, -0.05) is 23.7 Å². The van der Waals surface area contributed by atoms with Crippen LogP contribution in [0.15, 0.2) is 72.8 Å². The zero-order chi connectivity index (χ0) is 20.6. The number of halogens is 1.